The molecule has 2 rings (SSSR count). The van der Waals surface area contributed by atoms with Crippen molar-refractivity contribution < 1.29 is 4.39 Å². The van der Waals surface area contributed by atoms with Gasteiger partial charge in [0.15, 0.2) is 5.96 Å². The second kappa shape index (κ2) is 6.39. The van der Waals surface area contributed by atoms with Crippen molar-refractivity contribution in [2.75, 3.05) is 28.2 Å². The van der Waals surface area contributed by atoms with Crippen molar-refractivity contribution in [2.24, 2.45) is 4.99 Å². The van der Waals surface area contributed by atoms with Gasteiger partial charge in [-0.05, 0) is 17.7 Å². The third kappa shape index (κ3) is 3.59. The Balaban J connectivity index is 2.19. The molecule has 0 spiro atoms. The fourth-order valence-electron chi connectivity index (χ4n) is 2.10. The van der Waals surface area contributed by atoms with Crippen LogP contribution in [-0.4, -0.2) is 53.5 Å². The van der Waals surface area contributed by atoms with E-state index in [0.717, 1.165) is 11.5 Å². The van der Waals surface area contributed by atoms with Crippen molar-refractivity contribution in [1.82, 2.24) is 19.4 Å². The lowest BCUT2D eigenvalue weighted by atomic mass is 10.2. The molecule has 0 bridgehead atoms. The van der Waals surface area contributed by atoms with Crippen molar-refractivity contribution in [3.05, 3.63) is 48.3 Å². The van der Waals surface area contributed by atoms with Gasteiger partial charge in [0.05, 0.1) is 18.6 Å². The van der Waals surface area contributed by atoms with Gasteiger partial charge >= 0.3 is 0 Å². The van der Waals surface area contributed by atoms with Gasteiger partial charge in [-0.2, -0.15) is 0 Å². The normalized spacial score (nSPS) is 10.3. The molecule has 0 radical (unpaired) electrons. The van der Waals surface area contributed by atoms with Gasteiger partial charge in [0, 0.05) is 40.6 Å². The molecular weight excluding hydrogens is 269 g/mol. The van der Waals surface area contributed by atoms with Crippen molar-refractivity contribution in [3.63, 3.8) is 0 Å². The van der Waals surface area contributed by atoms with Crippen LogP contribution in [0.1, 0.15) is 5.56 Å². The quantitative estimate of drug-likeness (QED) is 0.640. The highest BCUT2D eigenvalue weighted by Crippen LogP contribution is 2.15. The number of rotatable bonds is 3. The SMILES string of the molecule is CN(C)C(=NCc1ccc(-n2ccnc2)c(F)c1)N(C)C. The Bertz CT molecular complexity index is 607. The first-order valence-electron chi connectivity index (χ1n) is 6.65. The molecule has 0 aliphatic carbocycles. The Hall–Kier alpha value is -2.37. The highest BCUT2D eigenvalue weighted by Gasteiger charge is 2.07. The van der Waals surface area contributed by atoms with Gasteiger partial charge in [-0.3, -0.25) is 0 Å². The van der Waals surface area contributed by atoms with Gasteiger partial charge in [-0.15, -0.1) is 0 Å². The summed E-state index contributed by atoms with van der Waals surface area (Å²) in [5.41, 5.74) is 1.32. The van der Waals surface area contributed by atoms with Crippen molar-refractivity contribution in [1.29, 1.82) is 0 Å². The molecule has 0 saturated carbocycles. The molecule has 2 aromatic rings. The number of hydrogen-bond donors (Lipinski definition) is 0. The van der Waals surface area contributed by atoms with E-state index < -0.39 is 0 Å². The monoisotopic (exact) mass is 289 g/mol. The predicted molar refractivity (Wildman–Crippen MR) is 82.0 cm³/mol. The number of imidazole rings is 1. The third-order valence-electron chi connectivity index (χ3n) is 3.00. The standard InChI is InChI=1S/C15H20FN5/c1-19(2)15(20(3)4)18-10-12-5-6-14(13(16)9-12)21-8-7-17-11-21/h5-9,11H,10H2,1-4H3. The molecule has 1 aromatic carbocycles. The van der Waals surface area contributed by atoms with Crippen LogP contribution in [0, 0.1) is 5.82 Å². The van der Waals surface area contributed by atoms with Crippen molar-refractivity contribution in [2.45, 2.75) is 6.54 Å². The summed E-state index contributed by atoms with van der Waals surface area (Å²) < 4.78 is 15.8. The molecule has 0 atom stereocenters. The number of nitrogens with zero attached hydrogens (tertiary/aromatic N) is 5. The van der Waals surface area contributed by atoms with E-state index in [-0.39, 0.29) is 5.82 Å². The summed E-state index contributed by atoms with van der Waals surface area (Å²) in [5.74, 6) is 0.561. The maximum absolute atomic E-state index is 14.1. The lowest BCUT2D eigenvalue weighted by molar-refractivity contribution is 0.479. The summed E-state index contributed by atoms with van der Waals surface area (Å²) in [4.78, 5) is 12.3. The molecule has 1 heterocycles. The predicted octanol–water partition coefficient (Wildman–Crippen LogP) is 1.99. The van der Waals surface area contributed by atoms with Crippen LogP contribution in [0.4, 0.5) is 4.39 Å². The Morgan fingerprint density at radius 2 is 1.95 bits per heavy atom. The number of aliphatic imine (C=N–C) groups is 1. The minimum atomic E-state index is -0.281. The lowest BCUT2D eigenvalue weighted by Crippen LogP contribution is -2.35. The lowest BCUT2D eigenvalue weighted by Gasteiger charge is -2.22. The van der Waals surface area contributed by atoms with Gasteiger partial charge in [0.25, 0.3) is 0 Å². The summed E-state index contributed by atoms with van der Waals surface area (Å²) in [6.07, 6.45) is 4.91. The summed E-state index contributed by atoms with van der Waals surface area (Å²) in [7, 11) is 7.73. The maximum atomic E-state index is 14.1. The Labute approximate surface area is 124 Å². The maximum Gasteiger partial charge on any atom is 0.195 e. The summed E-state index contributed by atoms with van der Waals surface area (Å²) >= 11 is 0. The number of benzene rings is 1. The zero-order valence-corrected chi connectivity index (χ0v) is 12.8. The first kappa shape index (κ1) is 15.0. The highest BCUT2D eigenvalue weighted by molar-refractivity contribution is 5.79. The van der Waals surface area contributed by atoms with Crippen LogP contribution >= 0.6 is 0 Å². The zero-order chi connectivity index (χ0) is 15.4. The van der Waals surface area contributed by atoms with E-state index in [4.69, 9.17) is 0 Å². The fourth-order valence-corrected chi connectivity index (χ4v) is 2.10. The molecule has 5 nitrogen and oxygen atoms in total. The Kier molecular flexibility index (Phi) is 4.57. The van der Waals surface area contributed by atoms with E-state index >= 15 is 0 Å². The molecule has 0 fully saturated rings. The second-order valence-electron chi connectivity index (χ2n) is 5.16. The van der Waals surface area contributed by atoms with Gasteiger partial charge in [0.1, 0.15) is 5.82 Å². The van der Waals surface area contributed by atoms with Crippen LogP contribution in [0.3, 0.4) is 0 Å². The molecule has 6 heteroatoms. The third-order valence-corrected chi connectivity index (χ3v) is 3.00. The van der Waals surface area contributed by atoms with Crippen LogP contribution in [0.25, 0.3) is 5.69 Å². The summed E-state index contributed by atoms with van der Waals surface area (Å²) in [5, 5.41) is 0. The average Bonchev–Trinajstić information content (AvgIpc) is 2.92. The number of aromatic nitrogens is 2. The minimum absolute atomic E-state index is 0.281. The molecule has 0 aliphatic heterocycles. The van der Waals surface area contributed by atoms with Crippen LogP contribution in [0.5, 0.6) is 0 Å². The van der Waals surface area contributed by atoms with Crippen molar-refractivity contribution >= 4 is 5.96 Å². The molecule has 0 aliphatic rings. The fraction of sp³-hybridized carbons (Fsp3) is 0.333. The van der Waals surface area contributed by atoms with Crippen LogP contribution in [0.15, 0.2) is 41.9 Å². The molecule has 0 amide bonds. The van der Waals surface area contributed by atoms with Gasteiger partial charge in [0.2, 0.25) is 0 Å². The molecule has 0 saturated heterocycles. The van der Waals surface area contributed by atoms with Crippen LogP contribution in [0.2, 0.25) is 0 Å². The van der Waals surface area contributed by atoms with E-state index in [1.165, 1.54) is 6.07 Å². The topological polar surface area (TPSA) is 36.7 Å². The molecule has 1 aromatic heterocycles. The highest BCUT2D eigenvalue weighted by atomic mass is 19.1. The first-order valence-corrected chi connectivity index (χ1v) is 6.65. The summed E-state index contributed by atoms with van der Waals surface area (Å²) in [6.45, 7) is 0.437. The van der Waals surface area contributed by atoms with Crippen LogP contribution < -0.4 is 0 Å². The van der Waals surface area contributed by atoms with E-state index in [1.807, 2.05) is 44.1 Å². The molecule has 0 unspecified atom stereocenters. The summed E-state index contributed by atoms with van der Waals surface area (Å²) in [6, 6.07) is 5.14. The van der Waals surface area contributed by atoms with Crippen LogP contribution in [-0.2, 0) is 6.54 Å². The first-order chi connectivity index (χ1) is 9.99. The van der Waals surface area contributed by atoms with Crippen molar-refractivity contribution in [3.8, 4) is 5.69 Å². The van der Waals surface area contributed by atoms with E-state index in [2.05, 4.69) is 9.98 Å². The minimum Gasteiger partial charge on any atom is -0.349 e. The second-order valence-corrected chi connectivity index (χ2v) is 5.16. The average molecular weight is 289 g/mol. The molecule has 21 heavy (non-hydrogen) atoms. The largest absolute Gasteiger partial charge is 0.349 e. The van der Waals surface area contributed by atoms with E-state index in [0.29, 0.717) is 12.2 Å². The molecule has 0 N–H and O–H groups in total. The molecular formula is C15H20FN5. The number of hydrogen-bond acceptors (Lipinski definition) is 2. The van der Waals surface area contributed by atoms with Gasteiger partial charge in [-0.1, -0.05) is 6.07 Å². The number of guanidine groups is 1. The van der Waals surface area contributed by atoms with Gasteiger partial charge < -0.3 is 14.4 Å². The Morgan fingerprint density at radius 3 is 2.48 bits per heavy atom. The molecule has 112 valence electrons. The van der Waals surface area contributed by atoms with E-state index in [9.17, 15) is 4.39 Å². The Morgan fingerprint density at radius 1 is 1.24 bits per heavy atom. The zero-order valence-electron chi connectivity index (χ0n) is 12.8. The van der Waals surface area contributed by atoms with E-state index in [1.54, 1.807) is 29.4 Å². The van der Waals surface area contributed by atoms with Gasteiger partial charge in [-0.25, -0.2) is 14.4 Å². The number of halogens is 1. The smallest absolute Gasteiger partial charge is 0.195 e.